The summed E-state index contributed by atoms with van der Waals surface area (Å²) in [6.45, 7) is 0. The van der Waals surface area contributed by atoms with Crippen molar-refractivity contribution in [1.82, 2.24) is 27.4 Å². The summed E-state index contributed by atoms with van der Waals surface area (Å²) in [6.07, 6.45) is 0. The second-order valence-corrected chi connectivity index (χ2v) is 18.9. The number of hydrogen-bond donors (Lipinski definition) is 0. The molecule has 6 heterocycles. The van der Waals surface area contributed by atoms with E-state index in [0.29, 0.717) is 0 Å². The Balaban J connectivity index is 1.11. The van der Waals surface area contributed by atoms with Gasteiger partial charge >= 0.3 is 0 Å². The van der Waals surface area contributed by atoms with Gasteiger partial charge in [-0.1, -0.05) is 164 Å². The number of benzene rings is 10. The van der Waals surface area contributed by atoms with Crippen LogP contribution >= 0.6 is 0 Å². The third-order valence-corrected chi connectivity index (χ3v) is 15.1. The van der Waals surface area contributed by atoms with Crippen LogP contribution in [0, 0.1) is 0 Å². The van der Waals surface area contributed by atoms with Gasteiger partial charge in [0.1, 0.15) is 0 Å². The summed E-state index contributed by atoms with van der Waals surface area (Å²) in [4.78, 5) is 0. The van der Waals surface area contributed by atoms with E-state index in [1.807, 2.05) is 0 Å². The molecule has 6 nitrogen and oxygen atoms in total. The lowest BCUT2D eigenvalue weighted by Gasteiger charge is -2.17. The largest absolute Gasteiger partial charge is 0.307 e. The molecule has 6 heteroatoms. The van der Waals surface area contributed by atoms with E-state index in [2.05, 4.69) is 282 Å². The minimum atomic E-state index is 1.07. The van der Waals surface area contributed by atoms with Gasteiger partial charge in [0.25, 0.3) is 0 Å². The highest BCUT2D eigenvalue weighted by molar-refractivity contribution is 6.23. The van der Waals surface area contributed by atoms with Gasteiger partial charge in [-0.25, -0.2) is 0 Å². The van der Waals surface area contributed by atoms with Gasteiger partial charge in [-0.2, -0.15) is 0 Å². The van der Waals surface area contributed by atoms with Crippen LogP contribution in [0.15, 0.2) is 255 Å². The fourth-order valence-corrected chi connectivity index (χ4v) is 12.4. The quantitative estimate of drug-likeness (QED) is 0.159. The van der Waals surface area contributed by atoms with E-state index in [0.717, 1.165) is 50.7 Å². The van der Waals surface area contributed by atoms with Gasteiger partial charge in [0, 0.05) is 49.4 Å². The Morgan fingerprint density at radius 1 is 0.153 bits per heavy atom. The van der Waals surface area contributed by atoms with Gasteiger partial charge in [-0.05, 0) is 91.0 Å². The molecule has 0 bridgehead atoms. The maximum atomic E-state index is 2.53. The van der Waals surface area contributed by atoms with E-state index in [4.69, 9.17) is 0 Å². The number of aromatic nitrogens is 6. The van der Waals surface area contributed by atoms with Crippen molar-refractivity contribution in [2.75, 3.05) is 0 Å². The summed E-state index contributed by atoms with van der Waals surface area (Å²) < 4.78 is 15.0. The highest BCUT2D eigenvalue weighted by Gasteiger charge is 2.27. The lowest BCUT2D eigenvalue weighted by Crippen LogP contribution is -2.03. The van der Waals surface area contributed by atoms with Crippen LogP contribution in [0.3, 0.4) is 0 Å². The average Bonchev–Trinajstić information content (AvgIpc) is 4.29. The van der Waals surface area contributed by atoms with E-state index in [9.17, 15) is 0 Å². The zero-order valence-corrected chi connectivity index (χ0v) is 38.9. The van der Waals surface area contributed by atoms with Crippen LogP contribution in [0.5, 0.6) is 0 Å². The van der Waals surface area contributed by atoms with Crippen molar-refractivity contribution >= 4 is 98.5 Å². The molecule has 0 atom stereocenters. The number of nitrogens with zero attached hydrogens (tertiary/aromatic N) is 6. The minimum absolute atomic E-state index is 1.07. The van der Waals surface area contributed by atoms with E-state index in [1.54, 1.807) is 0 Å². The molecule has 0 spiro atoms. The smallest absolute Gasteiger partial charge is 0.0803 e. The fraction of sp³-hybridized carbons (Fsp3) is 0. The van der Waals surface area contributed by atoms with Gasteiger partial charge in [0.2, 0.25) is 0 Å². The average molecular weight is 919 g/mol. The van der Waals surface area contributed by atoms with Crippen molar-refractivity contribution in [3.63, 3.8) is 0 Å². The second-order valence-electron chi connectivity index (χ2n) is 18.9. The summed E-state index contributed by atoms with van der Waals surface area (Å²) in [5.41, 5.74) is 20.6. The zero-order valence-electron chi connectivity index (χ0n) is 38.9. The van der Waals surface area contributed by atoms with Gasteiger partial charge < -0.3 is 27.4 Å². The minimum Gasteiger partial charge on any atom is -0.307 e. The van der Waals surface area contributed by atoms with E-state index < -0.39 is 0 Å². The highest BCUT2D eigenvalue weighted by Crippen LogP contribution is 2.46. The molecule has 0 N–H and O–H groups in total. The molecule has 336 valence electrons. The van der Waals surface area contributed by atoms with Gasteiger partial charge in [0.05, 0.1) is 83.3 Å². The number of rotatable bonds is 6. The van der Waals surface area contributed by atoms with Crippen molar-refractivity contribution in [3.05, 3.63) is 255 Å². The zero-order chi connectivity index (χ0) is 47.0. The molecule has 16 aromatic rings. The molecule has 0 aliphatic heterocycles. The Labute approximate surface area is 412 Å². The number of para-hydroxylation sites is 9. The third-order valence-electron chi connectivity index (χ3n) is 15.1. The molecule has 0 aliphatic rings. The van der Waals surface area contributed by atoms with Crippen LogP contribution in [0.4, 0.5) is 0 Å². The first-order valence-corrected chi connectivity index (χ1v) is 24.7. The van der Waals surface area contributed by atoms with Crippen LogP contribution in [-0.4, -0.2) is 27.4 Å². The molecule has 6 aromatic heterocycles. The van der Waals surface area contributed by atoms with Gasteiger partial charge in [-0.15, -0.1) is 0 Å². The Morgan fingerprint density at radius 3 is 0.528 bits per heavy atom. The highest BCUT2D eigenvalue weighted by atomic mass is 15.1. The molecular weight excluding hydrogens is 877 g/mol. The van der Waals surface area contributed by atoms with Crippen LogP contribution in [-0.2, 0) is 0 Å². The first-order chi connectivity index (χ1) is 35.8. The topological polar surface area (TPSA) is 29.6 Å². The Kier molecular flexibility index (Phi) is 8.07. The molecule has 0 unspecified atom stereocenters. The third kappa shape index (κ3) is 5.27. The number of fused-ring (bicyclic) bond motifs is 15. The van der Waals surface area contributed by atoms with Crippen LogP contribution in [0.1, 0.15) is 0 Å². The maximum absolute atomic E-state index is 2.53. The summed E-state index contributed by atoms with van der Waals surface area (Å²) in [6, 6.07) is 93.3. The molecule has 0 saturated heterocycles. The van der Waals surface area contributed by atoms with Crippen molar-refractivity contribution < 1.29 is 0 Å². The summed E-state index contributed by atoms with van der Waals surface area (Å²) in [5, 5.41) is 7.16. The number of hydrogen-bond acceptors (Lipinski definition) is 0. The second kappa shape index (κ2) is 14.9. The first kappa shape index (κ1) is 39.1. The fourth-order valence-electron chi connectivity index (χ4n) is 12.4. The van der Waals surface area contributed by atoms with Gasteiger partial charge in [-0.3, -0.25) is 0 Å². The molecule has 0 saturated carbocycles. The van der Waals surface area contributed by atoms with E-state index in [1.165, 1.54) is 82.0 Å². The summed E-state index contributed by atoms with van der Waals surface area (Å²) in [5.74, 6) is 0. The molecule has 0 radical (unpaired) electrons. The normalized spacial score (nSPS) is 12.2. The maximum Gasteiger partial charge on any atom is 0.0803 e. The lowest BCUT2D eigenvalue weighted by molar-refractivity contribution is 1.10. The Morgan fingerprint density at radius 2 is 0.319 bits per heavy atom. The Hall–Kier alpha value is -9.78. The van der Waals surface area contributed by atoms with E-state index in [-0.39, 0.29) is 0 Å². The Bertz CT molecular complexity index is 4320. The van der Waals surface area contributed by atoms with Crippen LogP contribution in [0.2, 0.25) is 0 Å². The molecular formula is C66H42N6. The van der Waals surface area contributed by atoms with E-state index >= 15 is 0 Å². The van der Waals surface area contributed by atoms with Crippen molar-refractivity contribution in [2.24, 2.45) is 0 Å². The van der Waals surface area contributed by atoms with Crippen LogP contribution in [0.25, 0.3) is 133 Å². The lowest BCUT2D eigenvalue weighted by atomic mass is 10.1. The van der Waals surface area contributed by atoms with Gasteiger partial charge in [0.15, 0.2) is 0 Å². The predicted octanol–water partition coefficient (Wildman–Crippen LogP) is 16.8. The summed E-state index contributed by atoms with van der Waals surface area (Å²) in [7, 11) is 0. The van der Waals surface area contributed by atoms with Crippen molar-refractivity contribution in [1.29, 1.82) is 0 Å². The molecule has 0 amide bonds. The molecule has 16 rings (SSSR count). The molecule has 0 fully saturated rings. The first-order valence-electron chi connectivity index (χ1n) is 24.7. The molecule has 72 heavy (non-hydrogen) atoms. The van der Waals surface area contributed by atoms with Crippen molar-refractivity contribution in [2.45, 2.75) is 0 Å². The van der Waals surface area contributed by atoms with Crippen LogP contribution < -0.4 is 0 Å². The summed E-state index contributed by atoms with van der Waals surface area (Å²) >= 11 is 0. The molecule has 10 aromatic carbocycles. The van der Waals surface area contributed by atoms with Crippen molar-refractivity contribution in [3.8, 4) is 34.1 Å². The standard InChI is InChI=1S/C66H42N6/c1-4-22-43(23-5-1)67-55-34-16-10-28-49(55)64-61(67)52-31-13-19-37-58(52)70(64)46-40-47(71-59-38-20-14-32-53(59)62-65(71)50-29-11-17-35-56(50)68(62)44-24-6-2-7-25-44)42-48(41-46)72-60-39-21-15-33-54(60)63-66(72)51-30-12-18-36-57(51)69(63)45-26-8-3-9-27-45/h1-42H. The molecule has 0 aliphatic carbocycles. The SMILES string of the molecule is c1ccc(-n2c3ccccc3c3c2c2ccccc2n3-c2cc(-n3c4ccccc4c4c3c3ccccc3n4-c3ccccc3)cc(-n3c4ccccc4c4c3c3ccccc3n4-c3ccccc3)c2)cc1. The monoisotopic (exact) mass is 918 g/mol. The predicted molar refractivity (Wildman–Crippen MR) is 300 cm³/mol.